The summed E-state index contributed by atoms with van der Waals surface area (Å²) in [6.07, 6.45) is 13.0. The van der Waals surface area contributed by atoms with Gasteiger partial charge in [0.25, 0.3) is 0 Å². The molecule has 0 heterocycles. The van der Waals surface area contributed by atoms with Crippen molar-refractivity contribution in [1.82, 2.24) is 0 Å². The Morgan fingerprint density at radius 2 is 1.65 bits per heavy atom. The minimum atomic E-state index is 0.378. The standard InChI is InChI=1S/C15H27O2/c1-17-15(13-5-3-2-4-6-13)14-9-7-12(11-16)8-10-14/h2,12-16H,3-11H2,1H3. The zero-order chi connectivity index (χ0) is 12.1. The van der Waals surface area contributed by atoms with E-state index < -0.39 is 0 Å². The first-order chi connectivity index (χ1) is 8.35. The summed E-state index contributed by atoms with van der Waals surface area (Å²) >= 11 is 0. The highest BCUT2D eigenvalue weighted by atomic mass is 16.5. The number of ether oxygens (including phenoxy) is 1. The molecule has 1 N–H and O–H groups in total. The Balaban J connectivity index is 1.85. The minimum Gasteiger partial charge on any atom is -0.396 e. The van der Waals surface area contributed by atoms with Crippen molar-refractivity contribution >= 4 is 0 Å². The van der Waals surface area contributed by atoms with Gasteiger partial charge in [-0.1, -0.05) is 0 Å². The molecule has 0 aromatic rings. The Morgan fingerprint density at radius 3 is 2.18 bits per heavy atom. The van der Waals surface area contributed by atoms with Gasteiger partial charge in [-0.05, 0) is 75.5 Å². The lowest BCUT2D eigenvalue weighted by Crippen LogP contribution is -2.35. The van der Waals surface area contributed by atoms with E-state index >= 15 is 0 Å². The van der Waals surface area contributed by atoms with Crippen LogP contribution in [0.25, 0.3) is 0 Å². The SMILES string of the molecule is COC(C1CC[CH]CC1)C1CCC(CO)CC1. The Labute approximate surface area is 106 Å². The largest absolute Gasteiger partial charge is 0.396 e. The summed E-state index contributed by atoms with van der Waals surface area (Å²) < 4.78 is 5.82. The molecule has 0 aliphatic heterocycles. The highest BCUT2D eigenvalue weighted by Gasteiger charge is 2.33. The highest BCUT2D eigenvalue weighted by molar-refractivity contribution is 4.87. The normalized spacial score (nSPS) is 33.5. The van der Waals surface area contributed by atoms with E-state index in [1.165, 1.54) is 51.4 Å². The summed E-state index contributed by atoms with van der Waals surface area (Å²) in [7, 11) is 1.89. The molecule has 2 aliphatic rings. The average Bonchev–Trinajstić information content (AvgIpc) is 2.42. The highest BCUT2D eigenvalue weighted by Crippen LogP contribution is 2.38. The molecule has 0 aromatic heterocycles. The van der Waals surface area contributed by atoms with E-state index in [4.69, 9.17) is 4.74 Å². The van der Waals surface area contributed by atoms with E-state index in [1.807, 2.05) is 7.11 Å². The third-order valence-corrected chi connectivity index (χ3v) is 4.83. The minimum absolute atomic E-state index is 0.378. The van der Waals surface area contributed by atoms with Crippen LogP contribution in [0.2, 0.25) is 0 Å². The van der Waals surface area contributed by atoms with Crippen molar-refractivity contribution in [2.75, 3.05) is 13.7 Å². The van der Waals surface area contributed by atoms with Crippen LogP contribution in [0.1, 0.15) is 51.4 Å². The van der Waals surface area contributed by atoms with Crippen LogP contribution < -0.4 is 0 Å². The van der Waals surface area contributed by atoms with Gasteiger partial charge >= 0.3 is 0 Å². The molecular weight excluding hydrogens is 212 g/mol. The summed E-state index contributed by atoms with van der Waals surface area (Å²) in [6, 6.07) is 0. The van der Waals surface area contributed by atoms with E-state index in [-0.39, 0.29) is 0 Å². The second kappa shape index (κ2) is 6.75. The molecule has 0 bridgehead atoms. The quantitative estimate of drug-likeness (QED) is 0.816. The van der Waals surface area contributed by atoms with Crippen molar-refractivity contribution in [2.24, 2.45) is 17.8 Å². The fourth-order valence-corrected chi connectivity index (χ4v) is 3.75. The third kappa shape index (κ3) is 3.45. The number of hydrogen-bond acceptors (Lipinski definition) is 2. The van der Waals surface area contributed by atoms with Gasteiger partial charge in [-0.25, -0.2) is 0 Å². The van der Waals surface area contributed by atoms with Gasteiger partial charge < -0.3 is 9.84 Å². The van der Waals surface area contributed by atoms with Crippen molar-refractivity contribution in [2.45, 2.75) is 57.5 Å². The molecule has 0 saturated heterocycles. The number of methoxy groups -OCH3 is 1. The summed E-state index contributed by atoms with van der Waals surface area (Å²) in [6.45, 7) is 0.378. The van der Waals surface area contributed by atoms with Crippen molar-refractivity contribution in [3.63, 3.8) is 0 Å². The first kappa shape index (κ1) is 13.4. The van der Waals surface area contributed by atoms with Gasteiger partial charge in [0.05, 0.1) is 6.10 Å². The van der Waals surface area contributed by atoms with Crippen molar-refractivity contribution in [3.8, 4) is 0 Å². The second-order valence-electron chi connectivity index (χ2n) is 5.87. The van der Waals surface area contributed by atoms with Crippen LogP contribution >= 0.6 is 0 Å². The molecule has 99 valence electrons. The lowest BCUT2D eigenvalue weighted by atomic mass is 9.73. The fourth-order valence-electron chi connectivity index (χ4n) is 3.75. The summed E-state index contributed by atoms with van der Waals surface area (Å²) in [5.74, 6) is 2.08. The molecule has 2 aliphatic carbocycles. The van der Waals surface area contributed by atoms with Crippen LogP contribution in [-0.4, -0.2) is 24.9 Å². The topological polar surface area (TPSA) is 29.5 Å². The monoisotopic (exact) mass is 239 g/mol. The van der Waals surface area contributed by atoms with Gasteiger partial charge in [0.2, 0.25) is 0 Å². The lowest BCUT2D eigenvalue weighted by Gasteiger charge is -2.38. The smallest absolute Gasteiger partial charge is 0.0627 e. The van der Waals surface area contributed by atoms with Crippen molar-refractivity contribution in [1.29, 1.82) is 0 Å². The molecule has 0 spiro atoms. The van der Waals surface area contributed by atoms with Gasteiger partial charge in [-0.3, -0.25) is 0 Å². The van der Waals surface area contributed by atoms with E-state index in [0.717, 1.165) is 11.8 Å². The number of aliphatic hydroxyl groups is 1. The molecular formula is C15H27O2. The van der Waals surface area contributed by atoms with Crippen molar-refractivity contribution in [3.05, 3.63) is 6.42 Å². The molecule has 0 aromatic carbocycles. The maximum Gasteiger partial charge on any atom is 0.0627 e. The lowest BCUT2D eigenvalue weighted by molar-refractivity contribution is -0.0227. The third-order valence-electron chi connectivity index (χ3n) is 4.83. The Bertz CT molecular complexity index is 203. The number of hydrogen-bond donors (Lipinski definition) is 1. The first-order valence-corrected chi connectivity index (χ1v) is 7.30. The van der Waals surface area contributed by atoms with E-state index in [9.17, 15) is 5.11 Å². The number of aliphatic hydroxyl groups excluding tert-OH is 1. The van der Waals surface area contributed by atoms with Crippen LogP contribution in [0.5, 0.6) is 0 Å². The predicted octanol–water partition coefficient (Wildman–Crippen LogP) is 3.19. The fraction of sp³-hybridized carbons (Fsp3) is 0.933. The van der Waals surface area contributed by atoms with Gasteiger partial charge in [0, 0.05) is 13.7 Å². The van der Waals surface area contributed by atoms with E-state index in [1.54, 1.807) is 0 Å². The van der Waals surface area contributed by atoms with Gasteiger partial charge in [-0.15, -0.1) is 0 Å². The number of rotatable bonds is 4. The second-order valence-corrected chi connectivity index (χ2v) is 5.87. The van der Waals surface area contributed by atoms with Crippen LogP contribution in [0.15, 0.2) is 0 Å². The molecule has 2 nitrogen and oxygen atoms in total. The maximum absolute atomic E-state index is 9.19. The Kier molecular flexibility index (Phi) is 5.30. The Morgan fingerprint density at radius 1 is 1.06 bits per heavy atom. The molecule has 1 atom stereocenters. The summed E-state index contributed by atoms with van der Waals surface area (Å²) in [5.41, 5.74) is 0. The van der Waals surface area contributed by atoms with Crippen LogP contribution in [-0.2, 0) is 4.74 Å². The predicted molar refractivity (Wildman–Crippen MR) is 69.6 cm³/mol. The molecule has 2 saturated carbocycles. The zero-order valence-electron chi connectivity index (χ0n) is 11.1. The van der Waals surface area contributed by atoms with E-state index in [0.29, 0.717) is 18.6 Å². The summed E-state index contributed by atoms with van der Waals surface area (Å²) in [5, 5.41) is 9.19. The summed E-state index contributed by atoms with van der Waals surface area (Å²) in [4.78, 5) is 0. The maximum atomic E-state index is 9.19. The molecule has 2 fully saturated rings. The molecule has 17 heavy (non-hydrogen) atoms. The van der Waals surface area contributed by atoms with Crippen molar-refractivity contribution < 1.29 is 9.84 Å². The molecule has 2 rings (SSSR count). The van der Waals surface area contributed by atoms with Gasteiger partial charge in [-0.2, -0.15) is 0 Å². The molecule has 1 radical (unpaired) electrons. The van der Waals surface area contributed by atoms with Gasteiger partial charge in [0.1, 0.15) is 0 Å². The molecule has 1 unspecified atom stereocenters. The zero-order valence-corrected chi connectivity index (χ0v) is 11.1. The molecule has 2 heteroatoms. The van der Waals surface area contributed by atoms with E-state index in [2.05, 4.69) is 6.42 Å². The molecule has 0 amide bonds. The van der Waals surface area contributed by atoms with Gasteiger partial charge in [0.15, 0.2) is 0 Å². The first-order valence-electron chi connectivity index (χ1n) is 7.30. The van der Waals surface area contributed by atoms with Crippen LogP contribution in [0.4, 0.5) is 0 Å². The Hall–Kier alpha value is -0.0800. The average molecular weight is 239 g/mol. The van der Waals surface area contributed by atoms with Crippen LogP contribution in [0.3, 0.4) is 0 Å². The van der Waals surface area contributed by atoms with Crippen LogP contribution in [0, 0.1) is 24.2 Å².